The number of guanidine groups is 1. The van der Waals surface area contributed by atoms with E-state index in [0.717, 1.165) is 48.5 Å². The number of likely N-dealkylation sites (tertiary alicyclic amines) is 1. The molecule has 1 aliphatic rings. The highest BCUT2D eigenvalue weighted by molar-refractivity contribution is 9.10. The molecule has 0 radical (unpaired) electrons. The second-order valence-electron chi connectivity index (χ2n) is 6.92. The Hall–Kier alpha value is -2.12. The maximum absolute atomic E-state index is 5.31. The highest BCUT2D eigenvalue weighted by atomic mass is 79.9. The Morgan fingerprint density at radius 2 is 2.00 bits per heavy atom. The average Bonchev–Trinajstić information content (AvgIpc) is 2.74. The molecule has 2 aromatic rings. The number of pyridine rings is 1. The summed E-state index contributed by atoms with van der Waals surface area (Å²) in [5.74, 6) is 1.46. The van der Waals surface area contributed by atoms with Crippen molar-refractivity contribution in [1.29, 1.82) is 0 Å². The molecule has 0 atom stereocenters. The summed E-state index contributed by atoms with van der Waals surface area (Å²) in [6.45, 7) is 3.80. The standard InChI is InChI=1S/C21H28BrN5O/c1-23-21(25-14-17-4-3-11-24-20(17)28-2)26-19-9-12-27(13-10-19)15-16-5-7-18(22)8-6-16/h3-8,11,19H,9-10,12-15H2,1-2H3,(H2,23,25,26). The number of piperidine rings is 1. The molecule has 150 valence electrons. The molecule has 1 aliphatic heterocycles. The van der Waals surface area contributed by atoms with E-state index in [1.165, 1.54) is 5.56 Å². The Bertz CT molecular complexity index is 773. The second-order valence-corrected chi connectivity index (χ2v) is 7.83. The first-order valence-electron chi connectivity index (χ1n) is 9.60. The Morgan fingerprint density at radius 3 is 2.68 bits per heavy atom. The number of nitrogens with one attached hydrogen (secondary N) is 2. The van der Waals surface area contributed by atoms with Crippen LogP contribution >= 0.6 is 15.9 Å². The third kappa shape index (κ3) is 5.94. The number of hydrogen-bond acceptors (Lipinski definition) is 4. The summed E-state index contributed by atoms with van der Waals surface area (Å²) >= 11 is 3.49. The Morgan fingerprint density at radius 1 is 1.25 bits per heavy atom. The molecule has 28 heavy (non-hydrogen) atoms. The zero-order valence-electron chi connectivity index (χ0n) is 16.5. The van der Waals surface area contributed by atoms with Crippen LogP contribution in [0.25, 0.3) is 0 Å². The smallest absolute Gasteiger partial charge is 0.218 e. The van der Waals surface area contributed by atoms with E-state index in [4.69, 9.17) is 4.74 Å². The number of benzene rings is 1. The third-order valence-corrected chi connectivity index (χ3v) is 5.49. The monoisotopic (exact) mass is 445 g/mol. The summed E-state index contributed by atoms with van der Waals surface area (Å²) in [5.41, 5.74) is 2.37. The van der Waals surface area contributed by atoms with Gasteiger partial charge in [-0.3, -0.25) is 9.89 Å². The second kappa shape index (κ2) is 10.4. The highest BCUT2D eigenvalue weighted by Gasteiger charge is 2.20. The molecule has 6 nitrogen and oxygen atoms in total. The highest BCUT2D eigenvalue weighted by Crippen LogP contribution is 2.16. The summed E-state index contributed by atoms with van der Waals surface area (Å²) in [4.78, 5) is 11.1. The van der Waals surface area contributed by atoms with Gasteiger partial charge in [-0.25, -0.2) is 4.98 Å². The van der Waals surface area contributed by atoms with Crippen LogP contribution in [0.4, 0.5) is 0 Å². The summed E-state index contributed by atoms with van der Waals surface area (Å²) in [6, 6.07) is 12.9. The van der Waals surface area contributed by atoms with Crippen LogP contribution in [0.5, 0.6) is 5.88 Å². The van der Waals surface area contributed by atoms with E-state index in [9.17, 15) is 0 Å². The summed E-state index contributed by atoms with van der Waals surface area (Å²) in [5, 5.41) is 6.91. The minimum atomic E-state index is 0.433. The Labute approximate surface area is 175 Å². The van der Waals surface area contributed by atoms with E-state index in [1.54, 1.807) is 20.4 Å². The average molecular weight is 446 g/mol. The van der Waals surface area contributed by atoms with Crippen molar-refractivity contribution in [2.75, 3.05) is 27.2 Å². The van der Waals surface area contributed by atoms with E-state index < -0.39 is 0 Å². The van der Waals surface area contributed by atoms with Gasteiger partial charge < -0.3 is 15.4 Å². The minimum absolute atomic E-state index is 0.433. The number of rotatable bonds is 6. The SMILES string of the molecule is CN=C(NCc1cccnc1OC)NC1CCN(Cc2ccc(Br)cc2)CC1. The van der Waals surface area contributed by atoms with Crippen molar-refractivity contribution in [3.8, 4) is 5.88 Å². The third-order valence-electron chi connectivity index (χ3n) is 4.96. The number of nitrogens with zero attached hydrogens (tertiary/aromatic N) is 3. The molecule has 1 fully saturated rings. The van der Waals surface area contributed by atoms with Gasteiger partial charge in [0.25, 0.3) is 0 Å². The van der Waals surface area contributed by atoms with Crippen LogP contribution < -0.4 is 15.4 Å². The van der Waals surface area contributed by atoms with Crippen LogP contribution in [0.15, 0.2) is 52.1 Å². The normalized spacial score (nSPS) is 16.0. The van der Waals surface area contributed by atoms with Crippen molar-refractivity contribution < 1.29 is 4.74 Å². The van der Waals surface area contributed by atoms with Gasteiger partial charge in [0.1, 0.15) is 0 Å². The van der Waals surface area contributed by atoms with Crippen LogP contribution in [-0.2, 0) is 13.1 Å². The molecule has 1 saturated heterocycles. The Kier molecular flexibility index (Phi) is 7.68. The van der Waals surface area contributed by atoms with Crippen molar-refractivity contribution in [1.82, 2.24) is 20.5 Å². The van der Waals surface area contributed by atoms with Gasteiger partial charge in [-0.2, -0.15) is 0 Å². The molecule has 0 aliphatic carbocycles. The maximum atomic E-state index is 5.31. The summed E-state index contributed by atoms with van der Waals surface area (Å²) in [6.07, 6.45) is 3.94. The molecule has 2 N–H and O–H groups in total. The predicted molar refractivity (Wildman–Crippen MR) is 117 cm³/mol. The first-order chi connectivity index (χ1) is 13.7. The molecule has 0 unspecified atom stereocenters. The zero-order valence-corrected chi connectivity index (χ0v) is 18.1. The Balaban J connectivity index is 1.44. The lowest BCUT2D eigenvalue weighted by Crippen LogP contribution is -2.48. The van der Waals surface area contributed by atoms with Crippen molar-refractivity contribution >= 4 is 21.9 Å². The molecular formula is C21H28BrN5O. The zero-order chi connectivity index (χ0) is 19.8. The van der Waals surface area contributed by atoms with E-state index in [2.05, 4.69) is 65.7 Å². The first-order valence-corrected chi connectivity index (χ1v) is 10.4. The lowest BCUT2D eigenvalue weighted by Gasteiger charge is -2.33. The number of ether oxygens (including phenoxy) is 1. The van der Waals surface area contributed by atoms with Crippen LogP contribution in [0, 0.1) is 0 Å². The number of methoxy groups -OCH3 is 1. The van der Waals surface area contributed by atoms with Crippen LogP contribution in [0.2, 0.25) is 0 Å². The molecular weight excluding hydrogens is 418 g/mol. The molecule has 0 bridgehead atoms. The van der Waals surface area contributed by atoms with Crippen molar-refractivity contribution in [3.63, 3.8) is 0 Å². The van der Waals surface area contributed by atoms with Crippen molar-refractivity contribution in [2.45, 2.75) is 32.0 Å². The molecule has 2 heterocycles. The number of aromatic nitrogens is 1. The molecule has 0 amide bonds. The van der Waals surface area contributed by atoms with Crippen molar-refractivity contribution in [2.24, 2.45) is 4.99 Å². The maximum Gasteiger partial charge on any atom is 0.218 e. The molecule has 0 saturated carbocycles. The van der Waals surface area contributed by atoms with Crippen molar-refractivity contribution in [3.05, 3.63) is 58.2 Å². The fraction of sp³-hybridized carbons (Fsp3) is 0.429. The fourth-order valence-electron chi connectivity index (χ4n) is 3.39. The lowest BCUT2D eigenvalue weighted by atomic mass is 10.0. The van der Waals surface area contributed by atoms with Gasteiger partial charge in [-0.15, -0.1) is 0 Å². The number of aliphatic imine (C=N–C) groups is 1. The van der Waals surface area contributed by atoms with Gasteiger partial charge in [0.05, 0.1) is 7.11 Å². The molecule has 0 spiro atoms. The van der Waals surface area contributed by atoms with E-state index >= 15 is 0 Å². The first kappa shape index (κ1) is 20.6. The van der Waals surface area contributed by atoms with Gasteiger partial charge in [0.2, 0.25) is 5.88 Å². The van der Waals surface area contributed by atoms with Crippen LogP contribution in [-0.4, -0.2) is 49.1 Å². The topological polar surface area (TPSA) is 61.8 Å². The molecule has 3 rings (SSSR count). The van der Waals surface area contributed by atoms with Gasteiger partial charge in [0, 0.05) is 55.5 Å². The summed E-state index contributed by atoms with van der Waals surface area (Å²) < 4.78 is 6.44. The predicted octanol–water partition coefficient (Wildman–Crippen LogP) is 3.18. The summed E-state index contributed by atoms with van der Waals surface area (Å²) in [7, 11) is 3.44. The van der Waals surface area contributed by atoms with Gasteiger partial charge in [-0.05, 0) is 36.6 Å². The quantitative estimate of drug-likeness (QED) is 0.527. The van der Waals surface area contributed by atoms with E-state index in [0.29, 0.717) is 18.5 Å². The lowest BCUT2D eigenvalue weighted by molar-refractivity contribution is 0.198. The molecule has 1 aromatic carbocycles. The fourth-order valence-corrected chi connectivity index (χ4v) is 3.66. The minimum Gasteiger partial charge on any atom is -0.481 e. The van der Waals surface area contributed by atoms with Gasteiger partial charge in [0.15, 0.2) is 5.96 Å². The van der Waals surface area contributed by atoms with Crippen LogP contribution in [0.1, 0.15) is 24.0 Å². The largest absolute Gasteiger partial charge is 0.481 e. The van der Waals surface area contributed by atoms with E-state index in [-0.39, 0.29) is 0 Å². The molecule has 1 aromatic heterocycles. The number of halogens is 1. The van der Waals surface area contributed by atoms with Gasteiger partial charge in [-0.1, -0.05) is 34.1 Å². The van der Waals surface area contributed by atoms with Gasteiger partial charge >= 0.3 is 0 Å². The molecule has 7 heteroatoms. The van der Waals surface area contributed by atoms with E-state index in [1.807, 2.05) is 12.1 Å². The van der Waals surface area contributed by atoms with Crippen LogP contribution in [0.3, 0.4) is 0 Å². The number of hydrogen-bond donors (Lipinski definition) is 2.